The molecule has 1 saturated heterocycles. The van der Waals surface area contributed by atoms with Gasteiger partial charge in [-0.25, -0.2) is 4.68 Å². The third-order valence-electron chi connectivity index (χ3n) is 3.71. The Balaban J connectivity index is 1.81. The Morgan fingerprint density at radius 1 is 1.10 bits per heavy atom. The molecule has 0 saturated carbocycles. The standard InChI is InChI=1S/C15H17BrN4O/c16-12-7-3-4-8-14(12)20-11-13(17-18-20)15(21)19-9-5-1-2-6-10-19/h3-4,7-8,11H,1-2,5-6,9-10H2. The SMILES string of the molecule is O=C(c1cn(-c2ccccc2Br)nn1)N1CCCCCC1. The van der Waals surface area contributed by atoms with E-state index in [2.05, 4.69) is 26.2 Å². The van der Waals surface area contributed by atoms with Crippen LogP contribution in [0.2, 0.25) is 0 Å². The summed E-state index contributed by atoms with van der Waals surface area (Å²) >= 11 is 3.48. The molecule has 2 heterocycles. The summed E-state index contributed by atoms with van der Waals surface area (Å²) in [6.45, 7) is 1.64. The van der Waals surface area contributed by atoms with Crippen molar-refractivity contribution in [2.75, 3.05) is 13.1 Å². The summed E-state index contributed by atoms with van der Waals surface area (Å²) in [4.78, 5) is 14.4. The maximum atomic E-state index is 12.5. The number of benzene rings is 1. The van der Waals surface area contributed by atoms with Crippen molar-refractivity contribution in [3.05, 3.63) is 40.6 Å². The highest BCUT2D eigenvalue weighted by molar-refractivity contribution is 9.10. The van der Waals surface area contributed by atoms with E-state index in [0.717, 1.165) is 36.1 Å². The zero-order valence-electron chi connectivity index (χ0n) is 11.7. The van der Waals surface area contributed by atoms with Gasteiger partial charge in [0.2, 0.25) is 0 Å². The molecular weight excluding hydrogens is 332 g/mol. The number of nitrogens with zero attached hydrogens (tertiary/aromatic N) is 4. The normalized spacial score (nSPS) is 15.8. The molecule has 0 bridgehead atoms. The van der Waals surface area contributed by atoms with Gasteiger partial charge in [-0.1, -0.05) is 30.2 Å². The van der Waals surface area contributed by atoms with E-state index < -0.39 is 0 Å². The number of hydrogen-bond donors (Lipinski definition) is 0. The Bertz CT molecular complexity index is 632. The Morgan fingerprint density at radius 3 is 2.52 bits per heavy atom. The summed E-state index contributed by atoms with van der Waals surface area (Å²) in [5, 5.41) is 8.12. The molecule has 0 aliphatic carbocycles. The fraction of sp³-hybridized carbons (Fsp3) is 0.400. The molecule has 2 aromatic rings. The first-order chi connectivity index (χ1) is 10.3. The van der Waals surface area contributed by atoms with E-state index in [1.54, 1.807) is 10.9 Å². The first kappa shape index (κ1) is 14.3. The molecule has 0 spiro atoms. The molecule has 1 fully saturated rings. The minimum Gasteiger partial charge on any atom is -0.337 e. The van der Waals surface area contributed by atoms with Gasteiger partial charge >= 0.3 is 0 Å². The molecule has 1 aliphatic heterocycles. The van der Waals surface area contributed by atoms with Gasteiger partial charge in [0.1, 0.15) is 0 Å². The van der Waals surface area contributed by atoms with Gasteiger partial charge in [-0.2, -0.15) is 0 Å². The van der Waals surface area contributed by atoms with Crippen molar-refractivity contribution in [1.29, 1.82) is 0 Å². The number of carbonyl (C=O) groups is 1. The number of likely N-dealkylation sites (tertiary alicyclic amines) is 1. The van der Waals surface area contributed by atoms with Crippen molar-refractivity contribution in [1.82, 2.24) is 19.9 Å². The molecule has 5 nitrogen and oxygen atoms in total. The first-order valence-electron chi connectivity index (χ1n) is 7.22. The van der Waals surface area contributed by atoms with E-state index in [-0.39, 0.29) is 5.91 Å². The predicted molar refractivity (Wildman–Crippen MR) is 83.4 cm³/mol. The minimum absolute atomic E-state index is 0.0183. The fourth-order valence-corrected chi connectivity index (χ4v) is 3.02. The lowest BCUT2D eigenvalue weighted by Gasteiger charge is -2.18. The molecule has 1 aliphatic rings. The molecule has 0 radical (unpaired) electrons. The van der Waals surface area contributed by atoms with Crippen molar-refractivity contribution < 1.29 is 4.79 Å². The molecule has 1 aromatic carbocycles. The van der Waals surface area contributed by atoms with Crippen LogP contribution in [0.5, 0.6) is 0 Å². The highest BCUT2D eigenvalue weighted by atomic mass is 79.9. The summed E-state index contributed by atoms with van der Waals surface area (Å²) < 4.78 is 2.55. The summed E-state index contributed by atoms with van der Waals surface area (Å²) in [6.07, 6.45) is 6.25. The van der Waals surface area contributed by atoms with E-state index in [1.165, 1.54) is 12.8 Å². The highest BCUT2D eigenvalue weighted by Gasteiger charge is 2.20. The monoisotopic (exact) mass is 348 g/mol. The topological polar surface area (TPSA) is 51.0 Å². The third kappa shape index (κ3) is 3.15. The second-order valence-electron chi connectivity index (χ2n) is 5.21. The maximum Gasteiger partial charge on any atom is 0.276 e. The highest BCUT2D eigenvalue weighted by Crippen LogP contribution is 2.20. The molecule has 1 aromatic heterocycles. The van der Waals surface area contributed by atoms with E-state index >= 15 is 0 Å². The molecule has 0 atom stereocenters. The molecule has 0 unspecified atom stereocenters. The number of aromatic nitrogens is 3. The van der Waals surface area contributed by atoms with E-state index in [1.807, 2.05) is 29.2 Å². The maximum absolute atomic E-state index is 12.5. The molecule has 110 valence electrons. The Labute approximate surface area is 132 Å². The number of rotatable bonds is 2. The summed E-state index contributed by atoms with van der Waals surface area (Å²) in [6, 6.07) is 7.73. The number of hydrogen-bond acceptors (Lipinski definition) is 3. The van der Waals surface area contributed by atoms with Crippen LogP contribution in [-0.4, -0.2) is 38.9 Å². The second kappa shape index (κ2) is 6.39. The van der Waals surface area contributed by atoms with Crippen LogP contribution < -0.4 is 0 Å². The Hall–Kier alpha value is -1.69. The van der Waals surface area contributed by atoms with Crippen molar-refractivity contribution in [3.8, 4) is 5.69 Å². The lowest BCUT2D eigenvalue weighted by molar-refractivity contribution is 0.0755. The Morgan fingerprint density at radius 2 is 1.81 bits per heavy atom. The summed E-state index contributed by atoms with van der Waals surface area (Å²) in [7, 11) is 0. The average Bonchev–Trinajstić information content (AvgIpc) is 2.82. The second-order valence-corrected chi connectivity index (χ2v) is 6.06. The van der Waals surface area contributed by atoms with Crippen LogP contribution in [0.4, 0.5) is 0 Å². The molecule has 21 heavy (non-hydrogen) atoms. The van der Waals surface area contributed by atoms with Crippen LogP contribution in [-0.2, 0) is 0 Å². The van der Waals surface area contributed by atoms with Gasteiger partial charge in [0, 0.05) is 17.6 Å². The van der Waals surface area contributed by atoms with Gasteiger partial charge in [0.05, 0.1) is 11.9 Å². The number of para-hydroxylation sites is 1. The van der Waals surface area contributed by atoms with E-state index in [4.69, 9.17) is 0 Å². The fourth-order valence-electron chi connectivity index (χ4n) is 2.55. The van der Waals surface area contributed by atoms with Gasteiger partial charge in [-0.3, -0.25) is 4.79 Å². The predicted octanol–water partition coefficient (Wildman–Crippen LogP) is 3.05. The molecular formula is C15H17BrN4O. The van der Waals surface area contributed by atoms with Crippen LogP contribution in [0, 0.1) is 0 Å². The van der Waals surface area contributed by atoms with Crippen LogP contribution in [0.15, 0.2) is 34.9 Å². The smallest absolute Gasteiger partial charge is 0.276 e. The first-order valence-corrected chi connectivity index (χ1v) is 8.01. The molecule has 3 rings (SSSR count). The van der Waals surface area contributed by atoms with Gasteiger partial charge in [-0.05, 0) is 40.9 Å². The molecule has 1 amide bonds. The summed E-state index contributed by atoms with van der Waals surface area (Å²) in [5.41, 5.74) is 1.28. The summed E-state index contributed by atoms with van der Waals surface area (Å²) in [5.74, 6) is -0.0183. The van der Waals surface area contributed by atoms with Crippen LogP contribution >= 0.6 is 15.9 Å². The zero-order valence-corrected chi connectivity index (χ0v) is 13.3. The van der Waals surface area contributed by atoms with Crippen molar-refractivity contribution in [3.63, 3.8) is 0 Å². The van der Waals surface area contributed by atoms with Crippen molar-refractivity contribution in [2.24, 2.45) is 0 Å². The van der Waals surface area contributed by atoms with Gasteiger partial charge < -0.3 is 4.90 Å². The van der Waals surface area contributed by atoms with Crippen molar-refractivity contribution >= 4 is 21.8 Å². The van der Waals surface area contributed by atoms with Crippen LogP contribution in [0.3, 0.4) is 0 Å². The zero-order chi connectivity index (χ0) is 14.7. The largest absolute Gasteiger partial charge is 0.337 e. The molecule has 0 N–H and O–H groups in total. The number of carbonyl (C=O) groups excluding carboxylic acids is 1. The number of amides is 1. The third-order valence-corrected chi connectivity index (χ3v) is 4.38. The lowest BCUT2D eigenvalue weighted by atomic mass is 10.2. The lowest BCUT2D eigenvalue weighted by Crippen LogP contribution is -2.32. The van der Waals surface area contributed by atoms with Crippen molar-refractivity contribution in [2.45, 2.75) is 25.7 Å². The quantitative estimate of drug-likeness (QED) is 0.837. The van der Waals surface area contributed by atoms with Crippen LogP contribution in [0.1, 0.15) is 36.2 Å². The molecule has 6 heteroatoms. The number of halogens is 1. The Kier molecular flexibility index (Phi) is 4.34. The average molecular weight is 349 g/mol. The van der Waals surface area contributed by atoms with Crippen LogP contribution in [0.25, 0.3) is 5.69 Å². The van der Waals surface area contributed by atoms with E-state index in [9.17, 15) is 4.79 Å². The van der Waals surface area contributed by atoms with Gasteiger partial charge in [0.15, 0.2) is 5.69 Å². The van der Waals surface area contributed by atoms with Gasteiger partial charge in [0.25, 0.3) is 5.91 Å². The minimum atomic E-state index is -0.0183. The van der Waals surface area contributed by atoms with E-state index in [0.29, 0.717) is 5.69 Å². The van der Waals surface area contributed by atoms with Gasteiger partial charge in [-0.15, -0.1) is 5.10 Å².